The van der Waals surface area contributed by atoms with E-state index in [9.17, 15) is 19.5 Å². The zero-order chi connectivity index (χ0) is 16.6. The summed E-state index contributed by atoms with van der Waals surface area (Å²) in [5, 5.41) is 14.1. The highest BCUT2D eigenvalue weighted by atomic mass is 16.6. The minimum Gasteiger partial charge on any atom is -0.467 e. The van der Waals surface area contributed by atoms with Crippen LogP contribution in [0.1, 0.15) is 34.1 Å². The van der Waals surface area contributed by atoms with E-state index >= 15 is 0 Å². The van der Waals surface area contributed by atoms with Crippen LogP contribution in [-0.4, -0.2) is 54.5 Å². The Bertz CT molecular complexity index is 375. The number of aliphatic hydroxyl groups excluding tert-OH is 1. The monoisotopic (exact) mass is 304 g/mol. The van der Waals surface area contributed by atoms with Crippen molar-refractivity contribution >= 4 is 18.0 Å². The number of alkyl carbamates (subject to hydrolysis) is 1. The fraction of sp³-hybridized carbons (Fsp3) is 0.769. The van der Waals surface area contributed by atoms with Gasteiger partial charge in [-0.3, -0.25) is 4.79 Å². The zero-order valence-corrected chi connectivity index (χ0v) is 13.1. The van der Waals surface area contributed by atoms with Crippen molar-refractivity contribution in [2.75, 3.05) is 13.7 Å². The van der Waals surface area contributed by atoms with Crippen molar-refractivity contribution in [1.82, 2.24) is 10.6 Å². The lowest BCUT2D eigenvalue weighted by Crippen LogP contribution is -2.48. The smallest absolute Gasteiger partial charge is 0.407 e. The fourth-order valence-electron chi connectivity index (χ4n) is 1.34. The van der Waals surface area contributed by atoms with Gasteiger partial charge in [-0.15, -0.1) is 0 Å². The van der Waals surface area contributed by atoms with Gasteiger partial charge in [0.25, 0.3) is 0 Å². The molecule has 0 heterocycles. The Morgan fingerprint density at radius 1 is 1.24 bits per heavy atom. The topological polar surface area (TPSA) is 114 Å². The van der Waals surface area contributed by atoms with Crippen molar-refractivity contribution in [2.45, 2.75) is 51.9 Å². The largest absolute Gasteiger partial charge is 0.467 e. The summed E-state index contributed by atoms with van der Waals surface area (Å²) in [5.74, 6) is -1.24. The molecule has 0 fully saturated rings. The minimum absolute atomic E-state index is 0.0500. The van der Waals surface area contributed by atoms with Crippen LogP contribution in [0.4, 0.5) is 4.79 Å². The van der Waals surface area contributed by atoms with E-state index in [0.29, 0.717) is 0 Å². The molecule has 0 rings (SSSR count). The summed E-state index contributed by atoms with van der Waals surface area (Å²) >= 11 is 0. The van der Waals surface area contributed by atoms with E-state index in [1.54, 1.807) is 20.8 Å². The molecule has 3 N–H and O–H groups in total. The molecule has 0 spiro atoms. The maximum atomic E-state index is 11.6. The van der Waals surface area contributed by atoms with Crippen LogP contribution in [0.2, 0.25) is 0 Å². The number of ether oxygens (including phenoxy) is 2. The van der Waals surface area contributed by atoms with Crippen molar-refractivity contribution < 1.29 is 29.0 Å². The summed E-state index contributed by atoms with van der Waals surface area (Å²) in [6.45, 7) is 6.59. The average Bonchev–Trinajstić information content (AvgIpc) is 2.32. The molecule has 0 radical (unpaired) electrons. The van der Waals surface area contributed by atoms with Crippen molar-refractivity contribution in [2.24, 2.45) is 0 Å². The SMILES string of the molecule is COC(=O)C(NC(=O)CCNC(=O)OC(C)(C)C)C(C)O. The highest BCUT2D eigenvalue weighted by Crippen LogP contribution is 2.06. The van der Waals surface area contributed by atoms with Crippen LogP contribution in [-0.2, 0) is 19.1 Å². The summed E-state index contributed by atoms with van der Waals surface area (Å²) in [7, 11) is 1.16. The quantitative estimate of drug-likeness (QED) is 0.592. The van der Waals surface area contributed by atoms with Crippen LogP contribution in [0.3, 0.4) is 0 Å². The van der Waals surface area contributed by atoms with Crippen molar-refractivity contribution in [1.29, 1.82) is 0 Å². The number of nitrogens with one attached hydrogen (secondary N) is 2. The third-order valence-corrected chi connectivity index (χ3v) is 2.27. The van der Waals surface area contributed by atoms with E-state index in [0.717, 1.165) is 7.11 Å². The van der Waals surface area contributed by atoms with E-state index in [-0.39, 0.29) is 13.0 Å². The summed E-state index contributed by atoms with van der Waals surface area (Å²) < 4.78 is 9.47. The van der Waals surface area contributed by atoms with E-state index in [2.05, 4.69) is 15.4 Å². The van der Waals surface area contributed by atoms with Gasteiger partial charge in [0.2, 0.25) is 5.91 Å². The molecule has 2 atom stereocenters. The molecule has 8 heteroatoms. The van der Waals surface area contributed by atoms with E-state index in [1.165, 1.54) is 6.92 Å². The lowest BCUT2D eigenvalue weighted by atomic mass is 10.2. The van der Waals surface area contributed by atoms with E-state index < -0.39 is 35.7 Å². The predicted octanol–water partition coefficient (Wildman–Crippen LogP) is -0.0602. The van der Waals surface area contributed by atoms with Gasteiger partial charge in [-0.1, -0.05) is 0 Å². The van der Waals surface area contributed by atoms with Crippen LogP contribution in [0.5, 0.6) is 0 Å². The summed E-state index contributed by atoms with van der Waals surface area (Å²) in [4.78, 5) is 34.3. The first-order valence-electron chi connectivity index (χ1n) is 6.59. The third-order valence-electron chi connectivity index (χ3n) is 2.27. The Morgan fingerprint density at radius 2 is 1.81 bits per heavy atom. The maximum Gasteiger partial charge on any atom is 0.407 e. The Balaban J connectivity index is 4.15. The Labute approximate surface area is 124 Å². The number of esters is 1. The number of carbonyl (C=O) groups is 3. The van der Waals surface area contributed by atoms with Crippen molar-refractivity contribution in [3.8, 4) is 0 Å². The first kappa shape index (κ1) is 19.2. The standard InChI is InChI=1S/C13H24N2O6/c1-8(16)10(11(18)20-5)15-9(17)6-7-14-12(19)21-13(2,3)4/h8,10,16H,6-7H2,1-5H3,(H,14,19)(H,15,17). The Morgan fingerprint density at radius 3 is 2.24 bits per heavy atom. The molecule has 0 saturated heterocycles. The van der Waals surface area contributed by atoms with Crippen LogP contribution >= 0.6 is 0 Å². The van der Waals surface area contributed by atoms with Crippen LogP contribution in [0.15, 0.2) is 0 Å². The Hall–Kier alpha value is -1.83. The van der Waals surface area contributed by atoms with Gasteiger partial charge in [-0.2, -0.15) is 0 Å². The van der Waals surface area contributed by atoms with Gasteiger partial charge in [0.05, 0.1) is 13.2 Å². The van der Waals surface area contributed by atoms with Gasteiger partial charge in [0.15, 0.2) is 6.04 Å². The Kier molecular flexibility index (Phi) is 7.72. The van der Waals surface area contributed by atoms with E-state index in [4.69, 9.17) is 4.74 Å². The van der Waals surface area contributed by atoms with Gasteiger partial charge in [0, 0.05) is 13.0 Å². The maximum absolute atomic E-state index is 11.6. The average molecular weight is 304 g/mol. The molecule has 0 aliphatic heterocycles. The van der Waals surface area contributed by atoms with Crippen LogP contribution in [0, 0.1) is 0 Å². The molecule has 0 aromatic rings. The third kappa shape index (κ3) is 8.85. The zero-order valence-electron chi connectivity index (χ0n) is 13.1. The summed E-state index contributed by atoms with van der Waals surface area (Å²) in [6.07, 6.45) is -1.77. The van der Waals surface area contributed by atoms with Gasteiger partial charge in [0.1, 0.15) is 5.60 Å². The molecule has 0 aromatic heterocycles. The molecular formula is C13H24N2O6. The van der Waals surface area contributed by atoms with Gasteiger partial charge < -0.3 is 25.2 Å². The van der Waals surface area contributed by atoms with E-state index in [1.807, 2.05) is 0 Å². The van der Waals surface area contributed by atoms with Gasteiger partial charge in [-0.25, -0.2) is 9.59 Å². The van der Waals surface area contributed by atoms with Gasteiger partial charge >= 0.3 is 12.1 Å². The number of carbonyl (C=O) groups excluding carboxylic acids is 3. The second-order valence-corrected chi connectivity index (χ2v) is 5.49. The predicted molar refractivity (Wildman–Crippen MR) is 74.5 cm³/mol. The summed E-state index contributed by atoms with van der Waals surface area (Å²) in [5.41, 5.74) is -0.616. The number of aliphatic hydroxyl groups is 1. The molecule has 2 amide bonds. The number of methoxy groups -OCH3 is 1. The first-order chi connectivity index (χ1) is 9.56. The molecule has 0 aliphatic rings. The molecule has 0 bridgehead atoms. The first-order valence-corrected chi connectivity index (χ1v) is 6.59. The number of rotatable bonds is 6. The molecule has 0 aromatic carbocycles. The molecule has 2 unspecified atom stereocenters. The van der Waals surface area contributed by atoms with Gasteiger partial charge in [-0.05, 0) is 27.7 Å². The lowest BCUT2D eigenvalue weighted by Gasteiger charge is -2.20. The number of hydrogen-bond donors (Lipinski definition) is 3. The highest BCUT2D eigenvalue weighted by Gasteiger charge is 2.26. The highest BCUT2D eigenvalue weighted by molar-refractivity contribution is 5.85. The molecular weight excluding hydrogens is 280 g/mol. The van der Waals surface area contributed by atoms with Crippen LogP contribution < -0.4 is 10.6 Å². The van der Waals surface area contributed by atoms with Crippen molar-refractivity contribution in [3.63, 3.8) is 0 Å². The lowest BCUT2D eigenvalue weighted by molar-refractivity contribution is -0.148. The molecule has 8 nitrogen and oxygen atoms in total. The van der Waals surface area contributed by atoms with Crippen molar-refractivity contribution in [3.05, 3.63) is 0 Å². The molecule has 0 aliphatic carbocycles. The van der Waals surface area contributed by atoms with Crippen LogP contribution in [0.25, 0.3) is 0 Å². The normalized spacial score (nSPS) is 13.8. The fourth-order valence-corrected chi connectivity index (χ4v) is 1.34. The summed E-state index contributed by atoms with van der Waals surface area (Å²) in [6, 6.07) is -1.14. The minimum atomic E-state index is -1.14. The molecule has 122 valence electrons. The number of hydrogen-bond acceptors (Lipinski definition) is 6. The number of amides is 2. The second-order valence-electron chi connectivity index (χ2n) is 5.49. The second kappa shape index (κ2) is 8.46. The molecule has 0 saturated carbocycles. The molecule has 21 heavy (non-hydrogen) atoms.